The van der Waals surface area contributed by atoms with Gasteiger partial charge in [0.1, 0.15) is 5.75 Å². The van der Waals surface area contributed by atoms with Gasteiger partial charge >= 0.3 is 0 Å². The van der Waals surface area contributed by atoms with E-state index in [1.54, 1.807) is 10.9 Å². The van der Waals surface area contributed by atoms with Crippen LogP contribution in [0.1, 0.15) is 18.1 Å². The molecule has 4 heteroatoms. The summed E-state index contributed by atoms with van der Waals surface area (Å²) < 4.78 is 7.46. The van der Waals surface area contributed by atoms with Gasteiger partial charge in [0.15, 0.2) is 5.75 Å². The first kappa shape index (κ1) is 12.6. The van der Waals surface area contributed by atoms with Crippen molar-refractivity contribution in [1.29, 1.82) is 0 Å². The van der Waals surface area contributed by atoms with Crippen molar-refractivity contribution < 1.29 is 4.74 Å². The number of nitrogens with one attached hydrogen (secondary N) is 1. The van der Waals surface area contributed by atoms with Gasteiger partial charge in [-0.05, 0) is 36.7 Å². The van der Waals surface area contributed by atoms with Crippen LogP contribution in [0.2, 0.25) is 0 Å². The quantitative estimate of drug-likeness (QED) is 0.880. The molecule has 1 aromatic carbocycles. The van der Waals surface area contributed by atoms with E-state index in [0.717, 1.165) is 24.6 Å². The molecule has 0 aliphatic carbocycles. The van der Waals surface area contributed by atoms with Gasteiger partial charge in [-0.2, -0.15) is 5.10 Å². The number of nitrogens with zero attached hydrogens (tertiary/aromatic N) is 2. The second-order valence-corrected chi connectivity index (χ2v) is 4.32. The zero-order valence-corrected chi connectivity index (χ0v) is 11.1. The van der Waals surface area contributed by atoms with E-state index in [1.807, 2.05) is 19.3 Å². The highest BCUT2D eigenvalue weighted by atomic mass is 16.5. The highest BCUT2D eigenvalue weighted by Gasteiger charge is 2.03. The summed E-state index contributed by atoms with van der Waals surface area (Å²) in [5.74, 6) is 1.61. The summed E-state index contributed by atoms with van der Waals surface area (Å²) in [4.78, 5) is 0. The van der Waals surface area contributed by atoms with E-state index in [-0.39, 0.29) is 0 Å². The molecule has 0 saturated heterocycles. The van der Waals surface area contributed by atoms with E-state index in [9.17, 15) is 0 Å². The van der Waals surface area contributed by atoms with Gasteiger partial charge in [0.2, 0.25) is 0 Å². The normalized spacial score (nSPS) is 10.6. The van der Waals surface area contributed by atoms with Crippen LogP contribution in [-0.2, 0) is 13.6 Å². The van der Waals surface area contributed by atoms with Crippen LogP contribution >= 0.6 is 0 Å². The zero-order chi connectivity index (χ0) is 13.0. The monoisotopic (exact) mass is 245 g/mol. The number of aryl methyl sites for hydroxylation is 2. The summed E-state index contributed by atoms with van der Waals surface area (Å²) in [7, 11) is 1.87. The van der Waals surface area contributed by atoms with Crippen molar-refractivity contribution in [3.8, 4) is 11.5 Å². The predicted molar refractivity (Wildman–Crippen MR) is 71.8 cm³/mol. The third kappa shape index (κ3) is 3.11. The maximum atomic E-state index is 5.74. The highest BCUT2D eigenvalue weighted by molar-refractivity contribution is 5.37. The minimum atomic E-state index is 0.760. The van der Waals surface area contributed by atoms with E-state index in [4.69, 9.17) is 4.74 Å². The van der Waals surface area contributed by atoms with Crippen LogP contribution in [0.4, 0.5) is 0 Å². The van der Waals surface area contributed by atoms with Crippen molar-refractivity contribution in [2.24, 2.45) is 7.05 Å². The molecule has 0 radical (unpaired) electrons. The Balaban J connectivity index is 2.08. The van der Waals surface area contributed by atoms with Crippen LogP contribution in [0, 0.1) is 6.92 Å². The lowest BCUT2D eigenvalue weighted by Gasteiger charge is -2.09. The van der Waals surface area contributed by atoms with Crippen molar-refractivity contribution in [2.45, 2.75) is 20.4 Å². The number of aromatic nitrogens is 2. The van der Waals surface area contributed by atoms with Gasteiger partial charge in [-0.1, -0.05) is 13.0 Å². The van der Waals surface area contributed by atoms with E-state index in [0.29, 0.717) is 0 Å². The van der Waals surface area contributed by atoms with Gasteiger partial charge < -0.3 is 10.1 Å². The summed E-state index contributed by atoms with van der Waals surface area (Å²) >= 11 is 0. The number of hydrogen-bond acceptors (Lipinski definition) is 3. The molecule has 0 fully saturated rings. The molecule has 1 N–H and O–H groups in total. The number of benzene rings is 1. The summed E-state index contributed by atoms with van der Waals surface area (Å²) in [6, 6.07) is 6.15. The van der Waals surface area contributed by atoms with E-state index in [1.165, 1.54) is 11.1 Å². The van der Waals surface area contributed by atoms with Gasteiger partial charge in [0.25, 0.3) is 0 Å². The lowest BCUT2D eigenvalue weighted by atomic mass is 10.1. The minimum Gasteiger partial charge on any atom is -0.454 e. The van der Waals surface area contributed by atoms with Gasteiger partial charge in [-0.25, -0.2) is 0 Å². The third-order valence-electron chi connectivity index (χ3n) is 2.80. The van der Waals surface area contributed by atoms with Crippen LogP contribution in [0.5, 0.6) is 11.5 Å². The maximum absolute atomic E-state index is 5.74. The molecule has 0 aliphatic heterocycles. The first-order chi connectivity index (χ1) is 8.69. The van der Waals surface area contributed by atoms with Gasteiger partial charge in [0.05, 0.1) is 12.4 Å². The third-order valence-corrected chi connectivity index (χ3v) is 2.80. The smallest absolute Gasteiger partial charge is 0.165 e. The van der Waals surface area contributed by atoms with Crippen molar-refractivity contribution in [1.82, 2.24) is 15.1 Å². The van der Waals surface area contributed by atoms with Crippen LogP contribution in [0.15, 0.2) is 30.6 Å². The average Bonchev–Trinajstić information content (AvgIpc) is 2.74. The number of hydrogen-bond donors (Lipinski definition) is 1. The lowest BCUT2D eigenvalue weighted by Crippen LogP contribution is -2.12. The molecule has 0 aliphatic rings. The molecule has 4 nitrogen and oxygen atoms in total. The molecule has 0 bridgehead atoms. The maximum Gasteiger partial charge on any atom is 0.165 e. The molecular formula is C14H19N3O. The molecule has 1 heterocycles. The fourth-order valence-corrected chi connectivity index (χ4v) is 1.78. The summed E-state index contributed by atoms with van der Waals surface area (Å²) in [6.07, 6.45) is 3.56. The molecule has 0 amide bonds. The molecule has 96 valence electrons. The van der Waals surface area contributed by atoms with E-state index >= 15 is 0 Å². The van der Waals surface area contributed by atoms with Gasteiger partial charge in [-0.15, -0.1) is 0 Å². The first-order valence-corrected chi connectivity index (χ1v) is 6.16. The van der Waals surface area contributed by atoms with Crippen molar-refractivity contribution in [3.05, 3.63) is 41.7 Å². The van der Waals surface area contributed by atoms with Crippen LogP contribution in [-0.4, -0.2) is 16.3 Å². The van der Waals surface area contributed by atoms with Crippen LogP contribution in [0.3, 0.4) is 0 Å². The molecular weight excluding hydrogens is 226 g/mol. The van der Waals surface area contributed by atoms with Gasteiger partial charge in [0, 0.05) is 13.6 Å². The van der Waals surface area contributed by atoms with Crippen LogP contribution < -0.4 is 10.1 Å². The highest BCUT2D eigenvalue weighted by Crippen LogP contribution is 2.23. The molecule has 18 heavy (non-hydrogen) atoms. The van der Waals surface area contributed by atoms with Crippen molar-refractivity contribution in [2.75, 3.05) is 6.54 Å². The van der Waals surface area contributed by atoms with Crippen LogP contribution in [0.25, 0.3) is 0 Å². The summed E-state index contributed by atoms with van der Waals surface area (Å²) in [6.45, 7) is 6.08. The Morgan fingerprint density at radius 3 is 2.78 bits per heavy atom. The van der Waals surface area contributed by atoms with E-state index in [2.05, 4.69) is 36.4 Å². The SMILES string of the molecule is CCNCc1ccc(Oc2cnn(C)c2)cc1C. The van der Waals surface area contributed by atoms with Gasteiger partial charge in [-0.3, -0.25) is 4.68 Å². The second kappa shape index (κ2) is 5.69. The first-order valence-electron chi connectivity index (χ1n) is 6.16. The Kier molecular flexibility index (Phi) is 3.99. The standard InChI is InChI=1S/C14H19N3O/c1-4-15-8-12-5-6-13(7-11(12)2)18-14-9-16-17(3)10-14/h5-7,9-10,15H,4,8H2,1-3H3. The number of rotatable bonds is 5. The predicted octanol–water partition coefficient (Wildman–Crippen LogP) is 2.63. The Morgan fingerprint density at radius 1 is 1.33 bits per heavy atom. The average molecular weight is 245 g/mol. The molecule has 0 saturated carbocycles. The fourth-order valence-electron chi connectivity index (χ4n) is 1.78. The van der Waals surface area contributed by atoms with E-state index < -0.39 is 0 Å². The Morgan fingerprint density at radius 2 is 2.17 bits per heavy atom. The molecule has 1 aromatic heterocycles. The van der Waals surface area contributed by atoms with Crippen molar-refractivity contribution in [3.63, 3.8) is 0 Å². The summed E-state index contributed by atoms with van der Waals surface area (Å²) in [5.41, 5.74) is 2.53. The van der Waals surface area contributed by atoms with Crippen molar-refractivity contribution >= 4 is 0 Å². The Labute approximate surface area is 108 Å². The second-order valence-electron chi connectivity index (χ2n) is 4.32. The molecule has 2 aromatic rings. The largest absolute Gasteiger partial charge is 0.454 e. The molecule has 0 atom stereocenters. The molecule has 2 rings (SSSR count). The Bertz CT molecular complexity index is 520. The molecule has 0 unspecified atom stereocenters. The lowest BCUT2D eigenvalue weighted by molar-refractivity contribution is 0.481. The number of ether oxygens (including phenoxy) is 1. The molecule has 0 spiro atoms. The topological polar surface area (TPSA) is 39.1 Å². The minimum absolute atomic E-state index is 0.760. The zero-order valence-electron chi connectivity index (χ0n) is 11.1. The fraction of sp³-hybridized carbons (Fsp3) is 0.357. The Hall–Kier alpha value is -1.81. The summed E-state index contributed by atoms with van der Waals surface area (Å²) in [5, 5.41) is 7.40.